The molecule has 112 valence electrons. The lowest BCUT2D eigenvalue weighted by Gasteiger charge is -2.30. The molecule has 0 atom stereocenters. The Morgan fingerprint density at radius 3 is 2.50 bits per heavy atom. The van der Waals surface area contributed by atoms with E-state index >= 15 is 0 Å². The van der Waals surface area contributed by atoms with Crippen molar-refractivity contribution in [1.82, 2.24) is 15.2 Å². The van der Waals surface area contributed by atoms with Gasteiger partial charge >= 0.3 is 0 Å². The Labute approximate surface area is 121 Å². The summed E-state index contributed by atoms with van der Waals surface area (Å²) in [6.07, 6.45) is 10.3. The van der Waals surface area contributed by atoms with E-state index in [4.69, 9.17) is 10.7 Å². The van der Waals surface area contributed by atoms with Gasteiger partial charge < -0.3 is 10.6 Å². The first-order valence-electron chi connectivity index (χ1n) is 8.21. The number of nitrogens with zero attached hydrogens (tertiary/aromatic N) is 3. The molecule has 2 aliphatic rings. The lowest BCUT2D eigenvalue weighted by molar-refractivity contribution is 0.352. The SMILES string of the molecule is NCC1CCN(c2n[nH]c(CC3CCCCC3)n2)CC1. The zero-order valence-corrected chi connectivity index (χ0v) is 12.4. The lowest BCUT2D eigenvalue weighted by Crippen LogP contribution is -2.36. The number of piperidine rings is 1. The molecule has 0 radical (unpaired) electrons. The fourth-order valence-electron chi connectivity index (χ4n) is 3.55. The van der Waals surface area contributed by atoms with Crippen LogP contribution in [0.2, 0.25) is 0 Å². The highest BCUT2D eigenvalue weighted by Crippen LogP contribution is 2.26. The quantitative estimate of drug-likeness (QED) is 0.884. The molecule has 0 amide bonds. The van der Waals surface area contributed by atoms with Crippen LogP contribution in [0.15, 0.2) is 0 Å². The van der Waals surface area contributed by atoms with E-state index in [9.17, 15) is 0 Å². The third kappa shape index (κ3) is 3.32. The van der Waals surface area contributed by atoms with Gasteiger partial charge in [-0.15, -0.1) is 5.10 Å². The van der Waals surface area contributed by atoms with Gasteiger partial charge in [0, 0.05) is 19.5 Å². The molecule has 0 unspecified atom stereocenters. The molecule has 2 heterocycles. The van der Waals surface area contributed by atoms with Crippen molar-refractivity contribution in [1.29, 1.82) is 0 Å². The second kappa shape index (κ2) is 6.57. The van der Waals surface area contributed by atoms with Gasteiger partial charge in [0.1, 0.15) is 5.82 Å². The molecule has 3 N–H and O–H groups in total. The molecule has 1 aromatic heterocycles. The Hall–Kier alpha value is -1.10. The van der Waals surface area contributed by atoms with E-state index in [2.05, 4.69) is 15.1 Å². The van der Waals surface area contributed by atoms with Gasteiger partial charge in [0.25, 0.3) is 0 Å². The predicted octanol–water partition coefficient (Wildman–Crippen LogP) is 2.10. The number of H-pyrrole nitrogens is 1. The van der Waals surface area contributed by atoms with Crippen molar-refractivity contribution >= 4 is 5.95 Å². The molecule has 5 heteroatoms. The number of aromatic nitrogens is 3. The zero-order valence-electron chi connectivity index (χ0n) is 12.4. The second-order valence-corrected chi connectivity index (χ2v) is 6.46. The second-order valence-electron chi connectivity index (χ2n) is 6.46. The summed E-state index contributed by atoms with van der Waals surface area (Å²) in [6, 6.07) is 0. The largest absolute Gasteiger partial charge is 0.340 e. The summed E-state index contributed by atoms with van der Waals surface area (Å²) >= 11 is 0. The molecule has 0 aromatic carbocycles. The first-order chi connectivity index (χ1) is 9.85. The topological polar surface area (TPSA) is 70.8 Å². The molecule has 1 saturated carbocycles. The Morgan fingerprint density at radius 1 is 1.05 bits per heavy atom. The van der Waals surface area contributed by atoms with Crippen LogP contribution < -0.4 is 10.6 Å². The maximum atomic E-state index is 5.74. The van der Waals surface area contributed by atoms with Crippen molar-refractivity contribution in [2.75, 3.05) is 24.5 Å². The van der Waals surface area contributed by atoms with Crippen LogP contribution in [0.1, 0.15) is 50.8 Å². The molecule has 20 heavy (non-hydrogen) atoms. The normalized spacial score (nSPS) is 22.4. The predicted molar refractivity (Wildman–Crippen MR) is 80.7 cm³/mol. The van der Waals surface area contributed by atoms with Crippen LogP contribution >= 0.6 is 0 Å². The van der Waals surface area contributed by atoms with Crippen LogP contribution in [0.5, 0.6) is 0 Å². The van der Waals surface area contributed by atoms with Crippen molar-refractivity contribution in [2.24, 2.45) is 17.6 Å². The number of nitrogens with two attached hydrogens (primary N) is 1. The Morgan fingerprint density at radius 2 is 1.80 bits per heavy atom. The molecule has 3 rings (SSSR count). The average Bonchev–Trinajstić information content (AvgIpc) is 2.97. The van der Waals surface area contributed by atoms with Crippen LogP contribution in [0.25, 0.3) is 0 Å². The minimum atomic E-state index is 0.687. The summed E-state index contributed by atoms with van der Waals surface area (Å²) in [5.74, 6) is 3.47. The summed E-state index contributed by atoms with van der Waals surface area (Å²) in [5, 5.41) is 7.56. The van der Waals surface area contributed by atoms with E-state index in [0.29, 0.717) is 5.92 Å². The first kappa shape index (κ1) is 13.9. The van der Waals surface area contributed by atoms with E-state index in [1.807, 2.05) is 0 Å². The van der Waals surface area contributed by atoms with Crippen LogP contribution in [0, 0.1) is 11.8 Å². The van der Waals surface area contributed by atoms with Gasteiger partial charge in [-0.1, -0.05) is 32.1 Å². The number of nitrogens with one attached hydrogen (secondary N) is 1. The molecule has 2 fully saturated rings. The highest BCUT2D eigenvalue weighted by atomic mass is 15.4. The number of aromatic amines is 1. The van der Waals surface area contributed by atoms with E-state index in [1.54, 1.807) is 0 Å². The van der Waals surface area contributed by atoms with Crippen molar-refractivity contribution in [3.8, 4) is 0 Å². The van der Waals surface area contributed by atoms with Crippen molar-refractivity contribution < 1.29 is 0 Å². The highest BCUT2D eigenvalue weighted by Gasteiger charge is 2.22. The van der Waals surface area contributed by atoms with E-state index in [0.717, 1.165) is 43.7 Å². The minimum Gasteiger partial charge on any atom is -0.340 e. The third-order valence-electron chi connectivity index (χ3n) is 4.96. The maximum Gasteiger partial charge on any atom is 0.244 e. The molecule has 0 spiro atoms. The first-order valence-corrected chi connectivity index (χ1v) is 8.21. The van der Waals surface area contributed by atoms with Gasteiger partial charge in [0.2, 0.25) is 5.95 Å². The van der Waals surface area contributed by atoms with Gasteiger partial charge in [-0.05, 0) is 31.2 Å². The van der Waals surface area contributed by atoms with Crippen LogP contribution in [0.4, 0.5) is 5.95 Å². The number of hydrogen-bond acceptors (Lipinski definition) is 4. The number of hydrogen-bond donors (Lipinski definition) is 2. The summed E-state index contributed by atoms with van der Waals surface area (Å²) < 4.78 is 0. The standard InChI is InChI=1S/C15H27N5/c16-11-13-6-8-20(9-7-13)15-17-14(18-19-15)10-12-4-2-1-3-5-12/h12-13H,1-11,16H2,(H,17,18,19). The fourth-order valence-corrected chi connectivity index (χ4v) is 3.55. The van der Waals surface area contributed by atoms with Crippen molar-refractivity contribution in [3.05, 3.63) is 5.82 Å². The molecule has 5 nitrogen and oxygen atoms in total. The summed E-state index contributed by atoms with van der Waals surface area (Å²) in [6.45, 7) is 2.90. The summed E-state index contributed by atoms with van der Waals surface area (Å²) in [7, 11) is 0. The third-order valence-corrected chi connectivity index (χ3v) is 4.96. The average molecular weight is 277 g/mol. The van der Waals surface area contributed by atoms with Crippen molar-refractivity contribution in [2.45, 2.75) is 51.4 Å². The van der Waals surface area contributed by atoms with Gasteiger partial charge in [-0.25, -0.2) is 0 Å². The smallest absolute Gasteiger partial charge is 0.244 e. The maximum absolute atomic E-state index is 5.74. The van der Waals surface area contributed by atoms with Crippen LogP contribution in [0.3, 0.4) is 0 Å². The van der Waals surface area contributed by atoms with E-state index < -0.39 is 0 Å². The van der Waals surface area contributed by atoms with Gasteiger partial charge in [0.05, 0.1) is 0 Å². The van der Waals surface area contributed by atoms with Gasteiger partial charge in [0.15, 0.2) is 0 Å². The number of anilines is 1. The van der Waals surface area contributed by atoms with Crippen LogP contribution in [-0.2, 0) is 6.42 Å². The molecule has 1 aliphatic carbocycles. The molecule has 0 bridgehead atoms. The minimum absolute atomic E-state index is 0.687. The van der Waals surface area contributed by atoms with Gasteiger partial charge in [-0.3, -0.25) is 5.10 Å². The summed E-state index contributed by atoms with van der Waals surface area (Å²) in [4.78, 5) is 7.01. The molecule has 1 aliphatic heterocycles. The van der Waals surface area contributed by atoms with Crippen molar-refractivity contribution in [3.63, 3.8) is 0 Å². The Balaban J connectivity index is 1.54. The molecular formula is C15H27N5. The monoisotopic (exact) mass is 277 g/mol. The highest BCUT2D eigenvalue weighted by molar-refractivity contribution is 5.29. The fraction of sp³-hybridized carbons (Fsp3) is 0.867. The Bertz CT molecular complexity index is 402. The van der Waals surface area contributed by atoms with Gasteiger partial charge in [-0.2, -0.15) is 4.98 Å². The molecule has 1 aromatic rings. The summed E-state index contributed by atoms with van der Waals surface area (Å²) in [5.41, 5.74) is 5.74. The lowest BCUT2D eigenvalue weighted by atomic mass is 9.87. The number of rotatable bonds is 4. The van der Waals surface area contributed by atoms with E-state index in [-0.39, 0.29) is 0 Å². The zero-order chi connectivity index (χ0) is 13.8. The Kier molecular flexibility index (Phi) is 4.55. The van der Waals surface area contributed by atoms with Crippen LogP contribution in [-0.4, -0.2) is 34.8 Å². The molecule has 1 saturated heterocycles. The molecular weight excluding hydrogens is 250 g/mol. The van der Waals surface area contributed by atoms with E-state index in [1.165, 1.54) is 44.9 Å².